The van der Waals surface area contributed by atoms with E-state index in [2.05, 4.69) is 20.8 Å². The second kappa shape index (κ2) is 6.96. The molecule has 106 valence electrons. The van der Waals surface area contributed by atoms with E-state index in [-0.39, 0.29) is 0 Å². The van der Waals surface area contributed by atoms with Crippen molar-refractivity contribution < 1.29 is 0 Å². The van der Waals surface area contributed by atoms with Crippen molar-refractivity contribution in [3.8, 4) is 0 Å². The summed E-state index contributed by atoms with van der Waals surface area (Å²) in [5, 5.41) is 0. The molecular formula is C18H34. The van der Waals surface area contributed by atoms with Gasteiger partial charge in [0.2, 0.25) is 0 Å². The summed E-state index contributed by atoms with van der Waals surface area (Å²) in [6, 6.07) is 0. The lowest BCUT2D eigenvalue weighted by Crippen LogP contribution is -2.19. The molecule has 0 aromatic heterocycles. The van der Waals surface area contributed by atoms with Gasteiger partial charge in [0.05, 0.1) is 0 Å². The lowest BCUT2D eigenvalue weighted by Gasteiger charge is -2.29. The molecule has 0 N–H and O–H groups in total. The van der Waals surface area contributed by atoms with Crippen LogP contribution in [0.4, 0.5) is 0 Å². The quantitative estimate of drug-likeness (QED) is 0.531. The highest BCUT2D eigenvalue weighted by Gasteiger charge is 2.27. The highest BCUT2D eigenvalue weighted by atomic mass is 14.3. The van der Waals surface area contributed by atoms with E-state index >= 15 is 0 Å². The van der Waals surface area contributed by atoms with Crippen molar-refractivity contribution in [3.63, 3.8) is 0 Å². The Labute approximate surface area is 115 Å². The maximum absolute atomic E-state index is 2.53. The maximum atomic E-state index is 2.53. The van der Waals surface area contributed by atoms with Gasteiger partial charge in [0.15, 0.2) is 0 Å². The molecule has 2 rings (SSSR count). The van der Waals surface area contributed by atoms with Gasteiger partial charge in [0.1, 0.15) is 0 Å². The molecule has 0 aromatic rings. The van der Waals surface area contributed by atoms with Crippen LogP contribution in [0, 0.1) is 29.6 Å². The smallest absolute Gasteiger partial charge is 0.0389 e. The van der Waals surface area contributed by atoms with Crippen molar-refractivity contribution in [2.24, 2.45) is 29.6 Å². The van der Waals surface area contributed by atoms with Gasteiger partial charge in [-0.15, -0.1) is 0 Å². The molecule has 5 unspecified atom stereocenters. The minimum atomic E-state index is 0.951. The van der Waals surface area contributed by atoms with Crippen LogP contribution in [0.5, 0.6) is 0 Å². The van der Waals surface area contributed by atoms with Gasteiger partial charge in [-0.05, 0) is 36.0 Å². The molecule has 18 heavy (non-hydrogen) atoms. The Balaban J connectivity index is 1.93. The van der Waals surface area contributed by atoms with Gasteiger partial charge in [-0.1, -0.05) is 78.6 Å². The Morgan fingerprint density at radius 3 is 2.00 bits per heavy atom. The van der Waals surface area contributed by atoms with Gasteiger partial charge < -0.3 is 0 Å². The molecule has 0 aliphatic heterocycles. The summed E-state index contributed by atoms with van der Waals surface area (Å²) >= 11 is 0. The SMILES string of the molecule is CCC1CCCC2CCC(CCCC(C)C1C)C2. The predicted molar refractivity (Wildman–Crippen MR) is 80.6 cm³/mol. The molecule has 0 nitrogen and oxygen atoms in total. The second-order valence-corrected chi connectivity index (χ2v) is 7.41. The topological polar surface area (TPSA) is 0 Å². The maximum Gasteiger partial charge on any atom is -0.0389 e. The van der Waals surface area contributed by atoms with E-state index in [0.717, 1.165) is 29.6 Å². The largest absolute Gasteiger partial charge is 0.0651 e. The zero-order valence-electron chi connectivity index (χ0n) is 13.0. The molecule has 0 saturated heterocycles. The molecule has 2 aliphatic carbocycles. The van der Waals surface area contributed by atoms with Crippen molar-refractivity contribution in [2.75, 3.05) is 0 Å². The van der Waals surface area contributed by atoms with Crippen LogP contribution in [0.25, 0.3) is 0 Å². The average molecular weight is 250 g/mol. The molecule has 0 amide bonds. The summed E-state index contributed by atoms with van der Waals surface area (Å²) in [4.78, 5) is 0. The van der Waals surface area contributed by atoms with E-state index in [1.165, 1.54) is 44.9 Å². The first kappa shape index (κ1) is 14.4. The van der Waals surface area contributed by atoms with Gasteiger partial charge in [0.25, 0.3) is 0 Å². The summed E-state index contributed by atoms with van der Waals surface area (Å²) in [5.74, 6) is 5.09. The third-order valence-corrected chi connectivity index (χ3v) is 6.27. The third kappa shape index (κ3) is 3.75. The van der Waals surface area contributed by atoms with Crippen LogP contribution < -0.4 is 0 Å². The highest BCUT2D eigenvalue weighted by molar-refractivity contribution is 4.79. The first-order valence-corrected chi connectivity index (χ1v) is 8.70. The fourth-order valence-electron chi connectivity index (χ4n) is 4.67. The number of rotatable bonds is 1. The van der Waals surface area contributed by atoms with Crippen molar-refractivity contribution in [3.05, 3.63) is 0 Å². The van der Waals surface area contributed by atoms with Gasteiger partial charge >= 0.3 is 0 Å². The van der Waals surface area contributed by atoms with E-state index in [0.29, 0.717) is 0 Å². The van der Waals surface area contributed by atoms with Crippen LogP contribution in [-0.4, -0.2) is 0 Å². The van der Waals surface area contributed by atoms with E-state index in [4.69, 9.17) is 0 Å². The van der Waals surface area contributed by atoms with E-state index in [9.17, 15) is 0 Å². The summed E-state index contributed by atoms with van der Waals surface area (Å²) in [6.45, 7) is 7.45. The molecule has 0 radical (unpaired) electrons. The van der Waals surface area contributed by atoms with Crippen molar-refractivity contribution in [1.29, 1.82) is 0 Å². The van der Waals surface area contributed by atoms with Crippen LogP contribution in [0.3, 0.4) is 0 Å². The highest BCUT2D eigenvalue weighted by Crippen LogP contribution is 2.40. The Kier molecular flexibility index (Phi) is 5.57. The average Bonchev–Trinajstić information content (AvgIpc) is 2.81. The standard InChI is InChI=1S/C18H34/c1-4-18-10-6-9-17-12-11-16(13-17)8-5-7-14(2)15(18)3/h14-18H,4-13H2,1-3H3. The van der Waals surface area contributed by atoms with Crippen LogP contribution in [0.2, 0.25) is 0 Å². The van der Waals surface area contributed by atoms with E-state index in [1.54, 1.807) is 19.3 Å². The predicted octanol–water partition coefficient (Wildman–Crippen LogP) is 6.06. The van der Waals surface area contributed by atoms with Crippen molar-refractivity contribution in [2.45, 2.75) is 85.0 Å². The van der Waals surface area contributed by atoms with Crippen molar-refractivity contribution in [1.82, 2.24) is 0 Å². The minimum absolute atomic E-state index is 0.951. The zero-order valence-corrected chi connectivity index (χ0v) is 13.0. The monoisotopic (exact) mass is 250 g/mol. The Hall–Kier alpha value is 0. The lowest BCUT2D eigenvalue weighted by atomic mass is 9.76. The summed E-state index contributed by atoms with van der Waals surface area (Å²) in [6.07, 6.45) is 15.1. The summed E-state index contributed by atoms with van der Waals surface area (Å²) < 4.78 is 0. The fraction of sp³-hybridized carbons (Fsp3) is 1.00. The normalized spacial score (nSPS) is 43.2. The molecular weight excluding hydrogens is 216 g/mol. The summed E-state index contributed by atoms with van der Waals surface area (Å²) in [5.41, 5.74) is 0. The van der Waals surface area contributed by atoms with Gasteiger partial charge in [-0.25, -0.2) is 0 Å². The van der Waals surface area contributed by atoms with Crippen LogP contribution in [0.1, 0.15) is 85.0 Å². The van der Waals surface area contributed by atoms with Gasteiger partial charge in [-0.3, -0.25) is 0 Å². The van der Waals surface area contributed by atoms with Gasteiger partial charge in [-0.2, -0.15) is 0 Å². The Morgan fingerprint density at radius 2 is 1.39 bits per heavy atom. The van der Waals surface area contributed by atoms with Crippen molar-refractivity contribution >= 4 is 0 Å². The van der Waals surface area contributed by atoms with Crippen LogP contribution in [-0.2, 0) is 0 Å². The molecule has 2 bridgehead atoms. The first-order chi connectivity index (χ1) is 8.70. The molecule has 5 atom stereocenters. The first-order valence-electron chi connectivity index (χ1n) is 8.70. The second-order valence-electron chi connectivity index (χ2n) is 7.41. The van der Waals surface area contributed by atoms with Gasteiger partial charge in [0, 0.05) is 0 Å². The summed E-state index contributed by atoms with van der Waals surface area (Å²) in [7, 11) is 0. The molecule has 2 saturated carbocycles. The molecule has 0 spiro atoms. The molecule has 0 heterocycles. The zero-order chi connectivity index (χ0) is 13.0. The lowest BCUT2D eigenvalue weighted by molar-refractivity contribution is 0.214. The fourth-order valence-corrected chi connectivity index (χ4v) is 4.67. The number of hydrogen-bond donors (Lipinski definition) is 0. The molecule has 0 heteroatoms. The molecule has 2 aliphatic rings. The van der Waals surface area contributed by atoms with E-state index in [1.807, 2.05) is 0 Å². The van der Waals surface area contributed by atoms with Crippen LogP contribution in [0.15, 0.2) is 0 Å². The van der Waals surface area contributed by atoms with Crippen LogP contribution >= 0.6 is 0 Å². The minimum Gasteiger partial charge on any atom is -0.0651 e. The van der Waals surface area contributed by atoms with E-state index < -0.39 is 0 Å². The number of fused-ring (bicyclic) bond motifs is 2. The Morgan fingerprint density at radius 1 is 0.778 bits per heavy atom. The Bertz CT molecular complexity index is 232. The molecule has 2 fully saturated rings. The third-order valence-electron chi connectivity index (χ3n) is 6.27. The molecule has 0 aromatic carbocycles. The number of hydrogen-bond acceptors (Lipinski definition) is 0.